The number of rotatable bonds is 0. The van der Waals surface area contributed by atoms with Crippen molar-refractivity contribution in [1.82, 2.24) is 4.98 Å². The predicted molar refractivity (Wildman–Crippen MR) is 38.4 cm³/mol. The summed E-state index contributed by atoms with van der Waals surface area (Å²) in [6.07, 6.45) is 1.36. The quantitative estimate of drug-likeness (QED) is 0.609. The molecule has 0 unspecified atom stereocenters. The summed E-state index contributed by atoms with van der Waals surface area (Å²) in [5, 5.41) is 8.76. The summed E-state index contributed by atoms with van der Waals surface area (Å²) >= 11 is 5.56. The van der Waals surface area contributed by atoms with E-state index in [0.29, 0.717) is 16.4 Å². The molecule has 0 atom stereocenters. The van der Waals surface area contributed by atoms with Gasteiger partial charge in [0.05, 0.1) is 10.6 Å². The smallest absolute Gasteiger partial charge is 0.124 e. The maximum Gasteiger partial charge on any atom is 0.124 e. The van der Waals surface area contributed by atoms with Gasteiger partial charge in [-0.25, -0.2) is 4.98 Å². The Kier molecular flexibility index (Phi) is 1.74. The Hall–Kier alpha value is -1.27. The first-order valence-electron chi connectivity index (χ1n) is 2.55. The first-order valence-corrected chi connectivity index (χ1v) is 2.93. The molecule has 0 bridgehead atoms. The van der Waals surface area contributed by atoms with Crippen molar-refractivity contribution in [2.45, 2.75) is 0 Å². The highest BCUT2D eigenvalue weighted by Gasteiger charge is 1.98. The normalized spacial score (nSPS) is 8.80. The van der Waals surface area contributed by atoms with Gasteiger partial charge < -0.3 is 5.73 Å². The molecule has 1 heterocycles. The molecule has 1 rings (SSSR count). The van der Waals surface area contributed by atoms with Crippen molar-refractivity contribution in [3.05, 3.63) is 22.8 Å². The zero-order chi connectivity index (χ0) is 7.56. The van der Waals surface area contributed by atoms with Gasteiger partial charge >= 0.3 is 0 Å². The Balaban J connectivity index is 3.25. The number of hydrogen-bond donors (Lipinski definition) is 1. The summed E-state index contributed by atoms with van der Waals surface area (Å²) in [4.78, 5) is 3.68. The minimum Gasteiger partial charge on any atom is -0.384 e. The van der Waals surface area contributed by atoms with Gasteiger partial charge in [0, 0.05) is 6.20 Å². The van der Waals surface area contributed by atoms with Crippen LogP contribution < -0.4 is 5.73 Å². The van der Waals surface area contributed by atoms with Crippen LogP contribution in [0.4, 0.5) is 5.82 Å². The second kappa shape index (κ2) is 2.54. The highest BCUT2D eigenvalue weighted by Crippen LogP contribution is 2.14. The summed E-state index contributed by atoms with van der Waals surface area (Å²) in [5.74, 6) is 0.306. The third-order valence-electron chi connectivity index (χ3n) is 0.997. The van der Waals surface area contributed by atoms with E-state index in [2.05, 4.69) is 4.98 Å². The lowest BCUT2D eigenvalue weighted by Crippen LogP contribution is -1.90. The highest BCUT2D eigenvalue weighted by atomic mass is 35.5. The molecule has 3 nitrogen and oxygen atoms in total. The van der Waals surface area contributed by atoms with Crippen molar-refractivity contribution in [1.29, 1.82) is 5.26 Å². The molecule has 0 amide bonds. The Morgan fingerprint density at radius 1 is 1.70 bits per heavy atom. The number of anilines is 1. The van der Waals surface area contributed by atoms with E-state index in [9.17, 15) is 0 Å². The first-order chi connectivity index (χ1) is 4.74. The van der Waals surface area contributed by atoms with E-state index in [1.807, 2.05) is 6.07 Å². The lowest BCUT2D eigenvalue weighted by atomic mass is 10.3. The number of hydrogen-bond acceptors (Lipinski definition) is 3. The zero-order valence-electron chi connectivity index (χ0n) is 5.00. The van der Waals surface area contributed by atoms with Crippen LogP contribution in [-0.4, -0.2) is 4.98 Å². The van der Waals surface area contributed by atoms with Gasteiger partial charge in [-0.3, -0.25) is 0 Å². The van der Waals surface area contributed by atoms with Crippen molar-refractivity contribution < 1.29 is 0 Å². The number of nitrogens with zero attached hydrogens (tertiary/aromatic N) is 2. The number of nitrogen functional groups attached to an aromatic ring is 1. The topological polar surface area (TPSA) is 62.7 Å². The first kappa shape index (κ1) is 6.84. The van der Waals surface area contributed by atoms with E-state index in [4.69, 9.17) is 22.6 Å². The molecule has 0 saturated carbocycles. The fraction of sp³-hybridized carbons (Fsp3) is 0. The average molecular weight is 154 g/mol. The number of aromatic nitrogens is 1. The second-order valence-electron chi connectivity index (χ2n) is 1.70. The van der Waals surface area contributed by atoms with Crippen LogP contribution in [0.2, 0.25) is 5.02 Å². The highest BCUT2D eigenvalue weighted by molar-refractivity contribution is 6.31. The molecule has 0 radical (unpaired) electrons. The van der Waals surface area contributed by atoms with Crippen LogP contribution in [0.3, 0.4) is 0 Å². The molecule has 0 aliphatic carbocycles. The van der Waals surface area contributed by atoms with E-state index in [0.717, 1.165) is 0 Å². The van der Waals surface area contributed by atoms with Gasteiger partial charge in [0.2, 0.25) is 0 Å². The van der Waals surface area contributed by atoms with Crippen molar-refractivity contribution in [3.63, 3.8) is 0 Å². The van der Waals surface area contributed by atoms with Crippen LogP contribution in [0.1, 0.15) is 5.56 Å². The minimum absolute atomic E-state index is 0.306. The van der Waals surface area contributed by atoms with Crippen LogP contribution in [0.15, 0.2) is 12.3 Å². The van der Waals surface area contributed by atoms with Crippen molar-refractivity contribution in [3.8, 4) is 6.07 Å². The van der Waals surface area contributed by atoms with Crippen molar-refractivity contribution in [2.75, 3.05) is 5.73 Å². The Morgan fingerprint density at radius 3 is 2.90 bits per heavy atom. The SMILES string of the molecule is N#Cc1cc(N)ncc1Cl. The van der Waals surface area contributed by atoms with Gasteiger partial charge in [-0.05, 0) is 6.07 Å². The van der Waals surface area contributed by atoms with E-state index < -0.39 is 0 Å². The maximum atomic E-state index is 8.43. The summed E-state index contributed by atoms with van der Waals surface area (Å²) in [7, 11) is 0. The van der Waals surface area contributed by atoms with Crippen LogP contribution >= 0.6 is 11.6 Å². The predicted octanol–water partition coefficient (Wildman–Crippen LogP) is 1.19. The number of nitrogens with two attached hydrogens (primary N) is 1. The summed E-state index contributed by atoms with van der Waals surface area (Å²) in [6.45, 7) is 0. The van der Waals surface area contributed by atoms with Gasteiger partial charge in [0.15, 0.2) is 0 Å². The summed E-state index contributed by atoms with van der Waals surface area (Å²) in [5.41, 5.74) is 5.64. The number of halogens is 1. The number of pyridine rings is 1. The molecular formula is C6H4ClN3. The molecule has 0 aliphatic heterocycles. The van der Waals surface area contributed by atoms with E-state index >= 15 is 0 Å². The fourth-order valence-corrected chi connectivity index (χ4v) is 0.686. The molecule has 0 fully saturated rings. The molecule has 50 valence electrons. The maximum absolute atomic E-state index is 8.43. The molecule has 1 aromatic rings. The zero-order valence-corrected chi connectivity index (χ0v) is 5.76. The van der Waals surface area contributed by atoms with Gasteiger partial charge in [-0.15, -0.1) is 0 Å². The summed E-state index contributed by atoms with van der Waals surface area (Å²) in [6, 6.07) is 3.32. The van der Waals surface area contributed by atoms with Gasteiger partial charge in [0.25, 0.3) is 0 Å². The monoisotopic (exact) mass is 153 g/mol. The fourth-order valence-electron chi connectivity index (χ4n) is 0.541. The third kappa shape index (κ3) is 1.17. The molecular weight excluding hydrogens is 150 g/mol. The molecule has 0 aromatic carbocycles. The molecule has 0 spiro atoms. The molecule has 0 aliphatic rings. The Labute approximate surface area is 63.1 Å². The Morgan fingerprint density at radius 2 is 2.40 bits per heavy atom. The largest absolute Gasteiger partial charge is 0.384 e. The lowest BCUT2D eigenvalue weighted by Gasteiger charge is -1.93. The van der Waals surface area contributed by atoms with E-state index in [1.54, 1.807) is 0 Å². The third-order valence-corrected chi connectivity index (χ3v) is 1.30. The molecule has 1 aromatic heterocycles. The minimum atomic E-state index is 0.306. The number of nitriles is 1. The average Bonchev–Trinajstić information content (AvgIpc) is 1.94. The van der Waals surface area contributed by atoms with E-state index in [-0.39, 0.29) is 0 Å². The standard InChI is InChI=1S/C6H4ClN3/c7-5-3-10-6(9)1-4(5)2-8/h1,3H,(H2,9,10). The van der Waals surface area contributed by atoms with Crippen molar-refractivity contribution >= 4 is 17.4 Å². The Bertz CT molecular complexity index is 290. The molecule has 4 heteroatoms. The van der Waals surface area contributed by atoms with Crippen LogP contribution in [-0.2, 0) is 0 Å². The molecule has 10 heavy (non-hydrogen) atoms. The van der Waals surface area contributed by atoms with Crippen LogP contribution in [0.5, 0.6) is 0 Å². The van der Waals surface area contributed by atoms with E-state index in [1.165, 1.54) is 12.3 Å². The van der Waals surface area contributed by atoms with Gasteiger partial charge in [0.1, 0.15) is 11.9 Å². The van der Waals surface area contributed by atoms with Gasteiger partial charge in [-0.1, -0.05) is 11.6 Å². The van der Waals surface area contributed by atoms with Gasteiger partial charge in [-0.2, -0.15) is 5.26 Å². The summed E-state index contributed by atoms with van der Waals surface area (Å²) < 4.78 is 0. The molecule has 0 saturated heterocycles. The van der Waals surface area contributed by atoms with Crippen molar-refractivity contribution in [2.24, 2.45) is 0 Å². The van der Waals surface area contributed by atoms with Crippen LogP contribution in [0, 0.1) is 11.3 Å². The molecule has 2 N–H and O–H groups in total. The second-order valence-corrected chi connectivity index (χ2v) is 2.11. The lowest BCUT2D eigenvalue weighted by molar-refractivity contribution is 1.32. The van der Waals surface area contributed by atoms with Crippen LogP contribution in [0.25, 0.3) is 0 Å².